The molecule has 6 nitrogen and oxygen atoms in total. The molecule has 0 radical (unpaired) electrons. The number of benzene rings is 2. The number of hydrogen-bond acceptors (Lipinski definition) is 4. The Bertz CT molecular complexity index is 1050. The number of anilines is 1. The molecule has 2 aromatic carbocycles. The number of sulfonamides is 1. The molecule has 1 heterocycles. The van der Waals surface area contributed by atoms with Gasteiger partial charge in [0.2, 0.25) is 10.0 Å². The van der Waals surface area contributed by atoms with Gasteiger partial charge in [0.15, 0.2) is 0 Å². The van der Waals surface area contributed by atoms with E-state index in [4.69, 9.17) is 27.9 Å². The van der Waals surface area contributed by atoms with Crippen molar-refractivity contribution in [1.29, 1.82) is 0 Å². The molecule has 0 spiro atoms. The summed E-state index contributed by atoms with van der Waals surface area (Å²) >= 11 is 12.1. The molecule has 0 aliphatic carbocycles. The summed E-state index contributed by atoms with van der Waals surface area (Å²) in [6.07, 6.45) is 0.978. The van der Waals surface area contributed by atoms with Crippen molar-refractivity contribution in [3.63, 3.8) is 0 Å². The fourth-order valence-corrected chi connectivity index (χ4v) is 5.95. The van der Waals surface area contributed by atoms with Gasteiger partial charge in [0.1, 0.15) is 10.6 Å². The van der Waals surface area contributed by atoms with E-state index in [1.807, 2.05) is 13.8 Å². The van der Waals surface area contributed by atoms with Crippen LogP contribution in [0, 0.1) is 11.8 Å². The number of halogens is 2. The van der Waals surface area contributed by atoms with Gasteiger partial charge in [-0.25, -0.2) is 8.42 Å². The Morgan fingerprint density at radius 2 is 1.77 bits per heavy atom. The number of carbonyl (C=O) groups is 1. The summed E-state index contributed by atoms with van der Waals surface area (Å²) in [4.78, 5) is 12.7. The third-order valence-corrected chi connectivity index (χ3v) is 7.47. The van der Waals surface area contributed by atoms with Crippen molar-refractivity contribution in [3.05, 3.63) is 52.0 Å². The molecular weight excluding hydrogens is 447 g/mol. The van der Waals surface area contributed by atoms with Crippen molar-refractivity contribution in [3.8, 4) is 5.75 Å². The van der Waals surface area contributed by atoms with Gasteiger partial charge in [-0.05, 0) is 54.7 Å². The number of ether oxygens (including phenoxy) is 1. The lowest BCUT2D eigenvalue weighted by atomic mass is 9.94. The monoisotopic (exact) mass is 470 g/mol. The van der Waals surface area contributed by atoms with Crippen LogP contribution in [0.25, 0.3) is 0 Å². The number of nitrogens with one attached hydrogen (secondary N) is 1. The molecule has 1 aliphatic heterocycles. The Morgan fingerprint density at radius 1 is 1.10 bits per heavy atom. The van der Waals surface area contributed by atoms with Gasteiger partial charge in [0, 0.05) is 23.7 Å². The van der Waals surface area contributed by atoms with Crippen molar-refractivity contribution in [2.45, 2.75) is 25.2 Å². The molecule has 2 aromatic rings. The van der Waals surface area contributed by atoms with Crippen LogP contribution in [0.2, 0.25) is 10.0 Å². The van der Waals surface area contributed by atoms with Crippen molar-refractivity contribution in [2.75, 3.05) is 25.5 Å². The number of hydrogen-bond donors (Lipinski definition) is 1. The lowest BCUT2D eigenvalue weighted by Crippen LogP contribution is -2.42. The van der Waals surface area contributed by atoms with Crippen LogP contribution in [-0.4, -0.2) is 38.8 Å². The minimum absolute atomic E-state index is 0.0314. The van der Waals surface area contributed by atoms with Crippen LogP contribution in [0.15, 0.2) is 41.3 Å². The maximum Gasteiger partial charge on any atom is 0.255 e. The first-order chi connectivity index (χ1) is 14.1. The summed E-state index contributed by atoms with van der Waals surface area (Å²) in [6, 6.07) is 9.04. The van der Waals surface area contributed by atoms with Crippen LogP contribution >= 0.6 is 23.2 Å². The van der Waals surface area contributed by atoms with E-state index < -0.39 is 15.9 Å². The summed E-state index contributed by atoms with van der Waals surface area (Å²) in [5.74, 6) is 0.203. The van der Waals surface area contributed by atoms with Gasteiger partial charge in [-0.2, -0.15) is 4.31 Å². The standard InChI is InChI=1S/C21H24Cl2N2O4S/c1-13-8-14(2)12-25(11-13)30(27,28)20-9-15(4-7-19(20)29-3)21(26)24-18-10-16(22)5-6-17(18)23/h4-7,9-10,13-14H,8,11-12H2,1-3H3,(H,24,26). The summed E-state index contributed by atoms with van der Waals surface area (Å²) in [7, 11) is -2.43. The molecular formula is C21H24Cl2N2O4S. The van der Waals surface area contributed by atoms with Crippen molar-refractivity contribution in [2.24, 2.45) is 11.8 Å². The van der Waals surface area contributed by atoms with E-state index in [1.165, 1.54) is 35.7 Å². The van der Waals surface area contributed by atoms with Gasteiger partial charge in [0.25, 0.3) is 5.91 Å². The van der Waals surface area contributed by atoms with Gasteiger partial charge < -0.3 is 10.1 Å². The molecule has 0 saturated carbocycles. The Hall–Kier alpha value is -1.80. The van der Waals surface area contributed by atoms with Crippen LogP contribution < -0.4 is 10.1 Å². The molecule has 2 atom stereocenters. The topological polar surface area (TPSA) is 75.7 Å². The van der Waals surface area contributed by atoms with Crippen LogP contribution in [0.1, 0.15) is 30.6 Å². The summed E-state index contributed by atoms with van der Waals surface area (Å²) in [5.41, 5.74) is 0.511. The Kier molecular flexibility index (Phi) is 6.97. The van der Waals surface area contributed by atoms with Gasteiger partial charge in [0.05, 0.1) is 17.8 Å². The lowest BCUT2D eigenvalue weighted by Gasteiger charge is -2.34. The van der Waals surface area contributed by atoms with E-state index in [1.54, 1.807) is 12.1 Å². The van der Waals surface area contributed by atoms with Gasteiger partial charge >= 0.3 is 0 Å². The maximum atomic E-state index is 13.4. The quantitative estimate of drug-likeness (QED) is 0.672. The molecule has 1 saturated heterocycles. The highest BCUT2D eigenvalue weighted by Gasteiger charge is 2.34. The van der Waals surface area contributed by atoms with Gasteiger partial charge in [-0.3, -0.25) is 4.79 Å². The van der Waals surface area contributed by atoms with Gasteiger partial charge in [-0.1, -0.05) is 37.0 Å². The van der Waals surface area contributed by atoms with E-state index in [0.29, 0.717) is 28.8 Å². The number of piperidine rings is 1. The first kappa shape index (κ1) is 22.9. The zero-order valence-electron chi connectivity index (χ0n) is 17.0. The van der Waals surface area contributed by atoms with Crippen molar-refractivity contribution >= 4 is 44.8 Å². The summed E-state index contributed by atoms with van der Waals surface area (Å²) in [6.45, 7) is 4.94. The van der Waals surface area contributed by atoms with Crippen molar-refractivity contribution < 1.29 is 17.9 Å². The molecule has 162 valence electrons. The molecule has 2 unspecified atom stereocenters. The van der Waals surface area contributed by atoms with E-state index in [0.717, 1.165) is 6.42 Å². The third-order valence-electron chi connectivity index (χ3n) is 5.06. The number of methoxy groups -OCH3 is 1. The SMILES string of the molecule is COc1ccc(C(=O)Nc2cc(Cl)ccc2Cl)cc1S(=O)(=O)N1CC(C)CC(C)C1. The molecule has 1 amide bonds. The van der Waals surface area contributed by atoms with Gasteiger partial charge in [-0.15, -0.1) is 0 Å². The normalized spacial score (nSPS) is 20.0. The number of amides is 1. The largest absolute Gasteiger partial charge is 0.495 e. The minimum atomic E-state index is -3.83. The zero-order chi connectivity index (χ0) is 22.1. The van der Waals surface area contributed by atoms with Crippen LogP contribution in [-0.2, 0) is 10.0 Å². The molecule has 0 aromatic heterocycles. The van der Waals surface area contributed by atoms with E-state index in [-0.39, 0.29) is 28.0 Å². The number of carbonyl (C=O) groups excluding carboxylic acids is 1. The van der Waals surface area contributed by atoms with Crippen LogP contribution in [0.4, 0.5) is 5.69 Å². The Morgan fingerprint density at radius 3 is 2.40 bits per heavy atom. The molecule has 1 fully saturated rings. The highest BCUT2D eigenvalue weighted by Crippen LogP contribution is 2.32. The van der Waals surface area contributed by atoms with Crippen LogP contribution in [0.5, 0.6) is 5.75 Å². The van der Waals surface area contributed by atoms with E-state index in [2.05, 4.69) is 5.32 Å². The minimum Gasteiger partial charge on any atom is -0.495 e. The average molecular weight is 471 g/mol. The highest BCUT2D eigenvalue weighted by molar-refractivity contribution is 7.89. The van der Waals surface area contributed by atoms with Crippen molar-refractivity contribution in [1.82, 2.24) is 4.31 Å². The molecule has 1 aliphatic rings. The second-order valence-electron chi connectivity index (χ2n) is 7.71. The molecule has 1 N–H and O–H groups in total. The van der Waals surface area contributed by atoms with E-state index >= 15 is 0 Å². The van der Waals surface area contributed by atoms with Crippen LogP contribution in [0.3, 0.4) is 0 Å². The highest BCUT2D eigenvalue weighted by atomic mass is 35.5. The number of rotatable bonds is 5. The average Bonchev–Trinajstić information content (AvgIpc) is 2.69. The third kappa shape index (κ3) is 4.91. The maximum absolute atomic E-state index is 13.4. The number of nitrogens with zero attached hydrogens (tertiary/aromatic N) is 1. The fourth-order valence-electron chi connectivity index (χ4n) is 3.75. The van der Waals surface area contributed by atoms with E-state index in [9.17, 15) is 13.2 Å². The molecule has 9 heteroatoms. The molecule has 30 heavy (non-hydrogen) atoms. The fraction of sp³-hybridized carbons (Fsp3) is 0.381. The predicted octanol–water partition coefficient (Wildman–Crippen LogP) is 4.92. The Labute approximate surface area is 187 Å². The second-order valence-corrected chi connectivity index (χ2v) is 10.5. The summed E-state index contributed by atoms with van der Waals surface area (Å²) in [5, 5.41) is 3.41. The molecule has 3 rings (SSSR count). The smallest absolute Gasteiger partial charge is 0.255 e. The summed E-state index contributed by atoms with van der Waals surface area (Å²) < 4.78 is 33.5. The first-order valence-electron chi connectivity index (χ1n) is 9.56. The molecule has 0 bridgehead atoms. The second kappa shape index (κ2) is 9.14. The zero-order valence-corrected chi connectivity index (χ0v) is 19.3. The first-order valence-corrected chi connectivity index (χ1v) is 11.8. The predicted molar refractivity (Wildman–Crippen MR) is 119 cm³/mol. The lowest BCUT2D eigenvalue weighted by molar-refractivity contribution is 0.102. The Balaban J connectivity index is 1.95.